The van der Waals surface area contributed by atoms with Crippen molar-refractivity contribution in [1.29, 1.82) is 0 Å². The zero-order chi connectivity index (χ0) is 20.8. The van der Waals surface area contributed by atoms with Gasteiger partial charge >= 0.3 is 0 Å². The fraction of sp³-hybridized carbons (Fsp3) is 0.0800. The molecule has 0 heterocycles. The Kier molecular flexibility index (Phi) is 6.73. The molecule has 3 rings (SSSR count). The number of halogens is 1. The number of nitrogens with zero attached hydrogens (tertiary/aromatic N) is 1. The molecule has 0 unspecified atom stereocenters. The third-order valence-electron chi connectivity index (χ3n) is 4.45. The Hall–Kier alpha value is -3.04. The third-order valence-corrected chi connectivity index (χ3v) is 5.31. The Labute approximate surface area is 185 Å². The molecule has 0 spiro atoms. The quantitative estimate of drug-likeness (QED) is 0.278. The highest BCUT2D eigenvalue weighted by atomic mass is 127. The van der Waals surface area contributed by atoms with E-state index in [0.717, 1.165) is 31.7 Å². The molecule has 0 fully saturated rings. The highest BCUT2D eigenvalue weighted by Crippen LogP contribution is 2.28. The highest BCUT2D eigenvalue weighted by molar-refractivity contribution is 14.1. The van der Waals surface area contributed by atoms with Crippen molar-refractivity contribution in [3.8, 4) is 17.6 Å². The molecule has 0 N–H and O–H groups in total. The van der Waals surface area contributed by atoms with Crippen molar-refractivity contribution < 1.29 is 9.53 Å². The van der Waals surface area contributed by atoms with Crippen LogP contribution in [0.5, 0.6) is 5.75 Å². The fourth-order valence-electron chi connectivity index (χ4n) is 2.83. The van der Waals surface area contributed by atoms with Crippen molar-refractivity contribution in [2.45, 2.75) is 0 Å². The molecular formula is C25H20INO2. The predicted molar refractivity (Wildman–Crippen MR) is 127 cm³/mol. The number of hydrogen-bond donors (Lipinski definition) is 0. The molecule has 3 aromatic carbocycles. The van der Waals surface area contributed by atoms with Gasteiger partial charge in [-0.1, -0.05) is 54.8 Å². The smallest absolute Gasteiger partial charge is 0.258 e. The molecule has 29 heavy (non-hydrogen) atoms. The van der Waals surface area contributed by atoms with Crippen LogP contribution in [0.15, 0.2) is 79.4 Å². The molecule has 0 aliphatic heterocycles. The molecule has 0 saturated carbocycles. The van der Waals surface area contributed by atoms with E-state index in [0.29, 0.717) is 5.57 Å². The number of amides is 1. The van der Waals surface area contributed by atoms with Crippen LogP contribution in [0.1, 0.15) is 16.7 Å². The Morgan fingerprint density at radius 2 is 1.69 bits per heavy atom. The van der Waals surface area contributed by atoms with Crippen LogP contribution in [0.4, 0.5) is 5.69 Å². The predicted octanol–water partition coefficient (Wildman–Crippen LogP) is 5.38. The first-order chi connectivity index (χ1) is 14.0. The van der Waals surface area contributed by atoms with Gasteiger partial charge in [-0.25, -0.2) is 0 Å². The molecule has 3 nitrogen and oxygen atoms in total. The lowest BCUT2D eigenvalue weighted by molar-refractivity contribution is -0.113. The van der Waals surface area contributed by atoms with Crippen LogP contribution in [-0.4, -0.2) is 20.1 Å². The van der Waals surface area contributed by atoms with E-state index in [1.807, 2.05) is 72.8 Å². The zero-order valence-corrected chi connectivity index (χ0v) is 18.4. The number of ether oxygens (including phenoxy) is 1. The number of hydrogen-bond acceptors (Lipinski definition) is 2. The van der Waals surface area contributed by atoms with E-state index in [1.165, 1.54) is 0 Å². The van der Waals surface area contributed by atoms with E-state index in [9.17, 15) is 4.79 Å². The number of methoxy groups -OCH3 is 1. The molecule has 3 aromatic rings. The van der Waals surface area contributed by atoms with E-state index in [-0.39, 0.29) is 5.91 Å². The average molecular weight is 493 g/mol. The van der Waals surface area contributed by atoms with Crippen molar-refractivity contribution in [3.63, 3.8) is 0 Å². The molecule has 0 atom stereocenters. The summed E-state index contributed by atoms with van der Waals surface area (Å²) in [7, 11) is 3.37. The maximum Gasteiger partial charge on any atom is 0.258 e. The van der Waals surface area contributed by atoms with Gasteiger partial charge < -0.3 is 9.64 Å². The van der Waals surface area contributed by atoms with Crippen molar-refractivity contribution >= 4 is 39.8 Å². The van der Waals surface area contributed by atoms with Gasteiger partial charge in [-0.15, -0.1) is 0 Å². The van der Waals surface area contributed by atoms with E-state index < -0.39 is 0 Å². The third kappa shape index (κ3) is 4.87. The van der Waals surface area contributed by atoms with Gasteiger partial charge in [0.05, 0.1) is 12.8 Å². The second-order valence-corrected chi connectivity index (χ2v) is 7.48. The molecule has 0 aromatic heterocycles. The molecule has 0 aliphatic carbocycles. The Morgan fingerprint density at radius 1 is 1.00 bits per heavy atom. The second-order valence-electron chi connectivity index (χ2n) is 6.32. The Bertz CT molecular complexity index is 1110. The first-order valence-electron chi connectivity index (χ1n) is 8.98. The molecule has 0 saturated heterocycles. The van der Waals surface area contributed by atoms with Crippen LogP contribution in [-0.2, 0) is 4.79 Å². The molecule has 0 aliphatic rings. The molecular weight excluding hydrogens is 473 g/mol. The fourth-order valence-corrected chi connectivity index (χ4v) is 3.68. The van der Waals surface area contributed by atoms with Crippen LogP contribution >= 0.6 is 22.6 Å². The van der Waals surface area contributed by atoms with Crippen LogP contribution in [0.3, 0.4) is 0 Å². The van der Waals surface area contributed by atoms with Crippen molar-refractivity contribution in [2.75, 3.05) is 19.1 Å². The summed E-state index contributed by atoms with van der Waals surface area (Å²) in [6, 6.07) is 22.9. The van der Waals surface area contributed by atoms with Crippen molar-refractivity contribution in [2.24, 2.45) is 0 Å². The number of benzene rings is 3. The van der Waals surface area contributed by atoms with Crippen molar-refractivity contribution in [3.05, 3.63) is 99.6 Å². The van der Waals surface area contributed by atoms with Gasteiger partial charge in [-0.2, -0.15) is 0 Å². The first-order valence-corrected chi connectivity index (χ1v) is 10.1. The first kappa shape index (κ1) is 20.7. The summed E-state index contributed by atoms with van der Waals surface area (Å²) in [5.41, 5.74) is 3.62. The van der Waals surface area contributed by atoms with E-state index in [1.54, 1.807) is 19.1 Å². The van der Waals surface area contributed by atoms with Crippen LogP contribution in [0.2, 0.25) is 0 Å². The van der Waals surface area contributed by atoms with Gasteiger partial charge in [0.1, 0.15) is 5.75 Å². The van der Waals surface area contributed by atoms with Gasteiger partial charge in [0.25, 0.3) is 5.91 Å². The molecule has 144 valence electrons. The molecule has 1 amide bonds. The number of carbonyl (C=O) groups excluding carboxylic acids is 1. The summed E-state index contributed by atoms with van der Waals surface area (Å²) < 4.78 is 6.16. The van der Waals surface area contributed by atoms with Gasteiger partial charge in [0, 0.05) is 32.9 Å². The normalized spacial score (nSPS) is 9.90. The Balaban J connectivity index is 1.89. The summed E-state index contributed by atoms with van der Waals surface area (Å²) in [6.07, 6.45) is 0. The van der Waals surface area contributed by atoms with E-state index in [2.05, 4.69) is 41.0 Å². The lowest BCUT2D eigenvalue weighted by Gasteiger charge is -2.21. The SMILES string of the molecule is C=C(C(=O)N(C)c1ccc(OC)cc1I)c1ccccc1C#Cc1ccccc1. The maximum atomic E-state index is 13.1. The lowest BCUT2D eigenvalue weighted by Crippen LogP contribution is -2.27. The van der Waals surface area contributed by atoms with Crippen molar-refractivity contribution in [1.82, 2.24) is 0 Å². The Morgan fingerprint density at radius 3 is 2.38 bits per heavy atom. The average Bonchev–Trinajstić information content (AvgIpc) is 2.77. The summed E-state index contributed by atoms with van der Waals surface area (Å²) in [5, 5.41) is 0. The lowest BCUT2D eigenvalue weighted by atomic mass is 9.99. The number of anilines is 1. The zero-order valence-electron chi connectivity index (χ0n) is 16.3. The summed E-state index contributed by atoms with van der Waals surface area (Å²) in [5.74, 6) is 6.89. The van der Waals surface area contributed by atoms with Crippen LogP contribution in [0, 0.1) is 15.4 Å². The topological polar surface area (TPSA) is 29.5 Å². The minimum atomic E-state index is -0.179. The number of rotatable bonds is 4. The largest absolute Gasteiger partial charge is 0.497 e. The second kappa shape index (κ2) is 9.44. The van der Waals surface area contributed by atoms with Crippen LogP contribution < -0.4 is 9.64 Å². The highest BCUT2D eigenvalue weighted by Gasteiger charge is 2.19. The minimum Gasteiger partial charge on any atom is -0.497 e. The minimum absolute atomic E-state index is 0.179. The molecule has 0 bridgehead atoms. The summed E-state index contributed by atoms with van der Waals surface area (Å²) in [4.78, 5) is 14.7. The summed E-state index contributed by atoms with van der Waals surface area (Å²) in [6.45, 7) is 4.06. The summed E-state index contributed by atoms with van der Waals surface area (Å²) >= 11 is 2.20. The number of carbonyl (C=O) groups is 1. The van der Waals surface area contributed by atoms with E-state index in [4.69, 9.17) is 4.74 Å². The number of likely N-dealkylation sites (N-methyl/N-ethyl adjacent to an activating group) is 1. The standard InChI is InChI=1S/C25H20INO2/c1-18(25(28)27(2)24-16-15-21(29-3)17-23(24)26)22-12-8-7-11-20(22)14-13-19-9-5-4-6-10-19/h4-12,15-17H,1H2,2-3H3. The van der Waals surface area contributed by atoms with Gasteiger partial charge in [-0.05, 0) is 59.0 Å². The van der Waals surface area contributed by atoms with Crippen LogP contribution in [0.25, 0.3) is 5.57 Å². The van der Waals surface area contributed by atoms with Gasteiger partial charge in [-0.3, -0.25) is 4.79 Å². The maximum absolute atomic E-state index is 13.1. The molecule has 4 heteroatoms. The monoisotopic (exact) mass is 493 g/mol. The molecule has 0 radical (unpaired) electrons. The van der Waals surface area contributed by atoms with Gasteiger partial charge in [0.15, 0.2) is 0 Å². The van der Waals surface area contributed by atoms with Gasteiger partial charge in [0.2, 0.25) is 0 Å². The van der Waals surface area contributed by atoms with E-state index >= 15 is 0 Å².